The van der Waals surface area contributed by atoms with Crippen molar-refractivity contribution >= 4 is 23.2 Å². The van der Waals surface area contributed by atoms with Crippen LogP contribution in [0.4, 0.5) is 11.4 Å². The van der Waals surface area contributed by atoms with Gasteiger partial charge in [0.15, 0.2) is 0 Å². The van der Waals surface area contributed by atoms with Crippen LogP contribution in [-0.4, -0.2) is 42.5 Å². The molecule has 0 atom stereocenters. The predicted octanol–water partition coefficient (Wildman–Crippen LogP) is 2.28. The molecule has 1 aromatic carbocycles. The first-order chi connectivity index (χ1) is 11.8. The molecule has 0 fully saturated rings. The van der Waals surface area contributed by atoms with Crippen LogP contribution in [0.3, 0.4) is 0 Å². The molecule has 0 saturated carbocycles. The smallest absolute Gasteiger partial charge is 0.238 e. The second kappa shape index (κ2) is 7.94. The topological polar surface area (TPSA) is 87.5 Å². The van der Waals surface area contributed by atoms with Gasteiger partial charge >= 0.3 is 0 Å². The van der Waals surface area contributed by atoms with Crippen LogP contribution in [0.15, 0.2) is 22.7 Å². The monoisotopic (exact) mass is 344 g/mol. The minimum atomic E-state index is -0.192. The predicted molar refractivity (Wildman–Crippen MR) is 96.7 cm³/mol. The van der Waals surface area contributed by atoms with E-state index in [0.717, 1.165) is 11.1 Å². The number of aromatic nitrogens is 1. The molecule has 1 heterocycles. The number of anilines is 2. The number of nitrogens with zero attached hydrogens (tertiary/aromatic N) is 2. The fraction of sp³-hybridized carbons (Fsp3) is 0.389. The normalized spacial score (nSPS) is 10.8. The fourth-order valence-electron chi connectivity index (χ4n) is 2.46. The van der Waals surface area contributed by atoms with E-state index in [-0.39, 0.29) is 24.8 Å². The van der Waals surface area contributed by atoms with Crippen LogP contribution in [0.25, 0.3) is 0 Å². The van der Waals surface area contributed by atoms with Crippen LogP contribution in [0.2, 0.25) is 0 Å². The largest absolute Gasteiger partial charge is 0.361 e. The second-order valence-corrected chi connectivity index (χ2v) is 6.36. The van der Waals surface area contributed by atoms with E-state index in [9.17, 15) is 9.59 Å². The maximum atomic E-state index is 12.4. The molecule has 0 radical (unpaired) electrons. The molecule has 2 N–H and O–H groups in total. The Balaban J connectivity index is 2.13. The number of amides is 2. The molecule has 2 aromatic rings. The third kappa shape index (κ3) is 5.15. The Morgan fingerprint density at radius 1 is 1.08 bits per heavy atom. The Bertz CT molecular complexity index is 761. The van der Waals surface area contributed by atoms with E-state index >= 15 is 0 Å². The summed E-state index contributed by atoms with van der Waals surface area (Å²) in [6.45, 7) is 5.77. The summed E-state index contributed by atoms with van der Waals surface area (Å²) in [6.07, 6.45) is 0.167. The van der Waals surface area contributed by atoms with Gasteiger partial charge in [-0.25, -0.2) is 0 Å². The maximum Gasteiger partial charge on any atom is 0.238 e. The molecule has 0 aliphatic carbocycles. The summed E-state index contributed by atoms with van der Waals surface area (Å²) in [5.41, 5.74) is 3.62. The van der Waals surface area contributed by atoms with Crippen molar-refractivity contribution in [1.82, 2.24) is 10.1 Å². The van der Waals surface area contributed by atoms with Crippen LogP contribution in [-0.2, 0) is 16.0 Å². The summed E-state index contributed by atoms with van der Waals surface area (Å²) in [6, 6.07) is 5.50. The molecule has 25 heavy (non-hydrogen) atoms. The first kappa shape index (κ1) is 18.7. The average molecular weight is 344 g/mol. The van der Waals surface area contributed by atoms with Gasteiger partial charge in [0.2, 0.25) is 11.8 Å². The van der Waals surface area contributed by atoms with Crippen molar-refractivity contribution in [2.24, 2.45) is 0 Å². The average Bonchev–Trinajstić information content (AvgIpc) is 2.81. The maximum absolute atomic E-state index is 12.4. The number of hydrogen-bond acceptors (Lipinski definition) is 5. The first-order valence-electron chi connectivity index (χ1n) is 8.03. The Kier molecular flexibility index (Phi) is 5.93. The highest BCUT2D eigenvalue weighted by Gasteiger charge is 2.15. The number of aryl methyl sites for hydroxylation is 3. The van der Waals surface area contributed by atoms with Crippen LogP contribution in [0.5, 0.6) is 0 Å². The van der Waals surface area contributed by atoms with Crippen molar-refractivity contribution in [3.8, 4) is 0 Å². The summed E-state index contributed by atoms with van der Waals surface area (Å²) >= 11 is 0. The molecule has 2 amide bonds. The van der Waals surface area contributed by atoms with E-state index in [1.54, 1.807) is 24.8 Å². The number of carbonyl (C=O) groups is 2. The molecule has 2 rings (SSSR count). The summed E-state index contributed by atoms with van der Waals surface area (Å²) < 4.78 is 5.09. The zero-order valence-electron chi connectivity index (χ0n) is 15.3. The lowest BCUT2D eigenvalue weighted by Gasteiger charge is -2.15. The molecule has 134 valence electrons. The third-order valence-corrected chi connectivity index (χ3v) is 3.70. The van der Waals surface area contributed by atoms with Crippen LogP contribution < -0.4 is 10.6 Å². The quantitative estimate of drug-likeness (QED) is 0.839. The minimum absolute atomic E-state index is 0.143. The summed E-state index contributed by atoms with van der Waals surface area (Å²) in [5, 5.41) is 9.55. The van der Waals surface area contributed by atoms with Gasteiger partial charge in [0.25, 0.3) is 0 Å². The number of likely N-dealkylation sites (N-methyl/N-ethyl adjacent to an activating group) is 1. The summed E-state index contributed by atoms with van der Waals surface area (Å²) in [4.78, 5) is 26.2. The number of carbonyl (C=O) groups excluding carboxylic acids is 2. The van der Waals surface area contributed by atoms with Crippen molar-refractivity contribution in [2.75, 3.05) is 31.3 Å². The van der Waals surface area contributed by atoms with E-state index in [1.165, 1.54) is 0 Å². The Hall–Kier alpha value is -2.67. The second-order valence-electron chi connectivity index (χ2n) is 6.36. The highest BCUT2D eigenvalue weighted by atomic mass is 16.5. The SMILES string of the molecule is Cc1ccc(NC(=O)CN(C)C)c(NC(=O)Cc2c(C)noc2C)c1. The molecule has 7 heteroatoms. The standard InChI is InChI=1S/C18H24N4O3/c1-11-6-7-15(19-18(24)10-22(4)5)16(8-11)20-17(23)9-14-12(2)21-25-13(14)3/h6-8H,9-10H2,1-5H3,(H,19,24)(H,20,23). The molecule has 1 aromatic heterocycles. The van der Waals surface area contributed by atoms with Gasteiger partial charge in [-0.1, -0.05) is 11.2 Å². The Labute approximate surface area is 147 Å². The van der Waals surface area contributed by atoms with Gasteiger partial charge in [0.05, 0.1) is 30.0 Å². The van der Waals surface area contributed by atoms with Crippen molar-refractivity contribution in [2.45, 2.75) is 27.2 Å². The van der Waals surface area contributed by atoms with Gasteiger partial charge in [-0.3, -0.25) is 9.59 Å². The lowest BCUT2D eigenvalue weighted by Crippen LogP contribution is -2.27. The number of nitrogens with one attached hydrogen (secondary N) is 2. The fourth-order valence-corrected chi connectivity index (χ4v) is 2.46. The molecule has 7 nitrogen and oxygen atoms in total. The van der Waals surface area contributed by atoms with Gasteiger partial charge in [0, 0.05) is 5.56 Å². The van der Waals surface area contributed by atoms with Crippen LogP contribution >= 0.6 is 0 Å². The van der Waals surface area contributed by atoms with E-state index in [2.05, 4.69) is 15.8 Å². The summed E-state index contributed by atoms with van der Waals surface area (Å²) in [5.74, 6) is 0.301. The number of rotatable bonds is 6. The van der Waals surface area contributed by atoms with Gasteiger partial charge in [-0.15, -0.1) is 0 Å². The molecule has 0 saturated heterocycles. The summed E-state index contributed by atoms with van der Waals surface area (Å²) in [7, 11) is 3.64. The van der Waals surface area contributed by atoms with Crippen molar-refractivity contribution in [3.63, 3.8) is 0 Å². The lowest BCUT2D eigenvalue weighted by atomic mass is 10.1. The molecule has 0 spiro atoms. The van der Waals surface area contributed by atoms with E-state index in [1.807, 2.05) is 33.2 Å². The van der Waals surface area contributed by atoms with Gasteiger partial charge < -0.3 is 20.1 Å². The van der Waals surface area contributed by atoms with Crippen molar-refractivity contribution in [1.29, 1.82) is 0 Å². The van der Waals surface area contributed by atoms with Crippen molar-refractivity contribution < 1.29 is 14.1 Å². The minimum Gasteiger partial charge on any atom is -0.361 e. The van der Waals surface area contributed by atoms with Gasteiger partial charge in [-0.05, 0) is 52.6 Å². The van der Waals surface area contributed by atoms with E-state index in [0.29, 0.717) is 22.8 Å². The number of hydrogen-bond donors (Lipinski definition) is 2. The molecular formula is C18H24N4O3. The number of benzene rings is 1. The third-order valence-electron chi connectivity index (χ3n) is 3.70. The molecule has 0 aliphatic heterocycles. The lowest BCUT2D eigenvalue weighted by molar-refractivity contribution is -0.117. The van der Waals surface area contributed by atoms with Gasteiger partial charge in [0.1, 0.15) is 5.76 Å². The van der Waals surface area contributed by atoms with Gasteiger partial charge in [-0.2, -0.15) is 0 Å². The molecule has 0 bridgehead atoms. The zero-order valence-corrected chi connectivity index (χ0v) is 15.3. The Morgan fingerprint density at radius 2 is 1.76 bits per heavy atom. The van der Waals surface area contributed by atoms with Crippen LogP contribution in [0, 0.1) is 20.8 Å². The van der Waals surface area contributed by atoms with E-state index < -0.39 is 0 Å². The Morgan fingerprint density at radius 3 is 2.36 bits per heavy atom. The highest BCUT2D eigenvalue weighted by molar-refractivity contribution is 6.00. The van der Waals surface area contributed by atoms with Crippen molar-refractivity contribution in [3.05, 3.63) is 40.8 Å². The van der Waals surface area contributed by atoms with Crippen LogP contribution in [0.1, 0.15) is 22.6 Å². The molecular weight excluding hydrogens is 320 g/mol. The molecule has 0 unspecified atom stereocenters. The zero-order chi connectivity index (χ0) is 18.6. The first-order valence-corrected chi connectivity index (χ1v) is 8.03. The highest BCUT2D eigenvalue weighted by Crippen LogP contribution is 2.24. The molecule has 0 aliphatic rings. The van der Waals surface area contributed by atoms with E-state index in [4.69, 9.17) is 4.52 Å².